The molecule has 1 fully saturated rings. The number of thiophene rings is 1. The normalized spacial score (nSPS) is 19.2. The number of carbonyl (C=O) groups excluding carboxylic acids is 2. The molecule has 5 nitrogen and oxygen atoms in total. The topological polar surface area (TPSA) is 66.6 Å². The molecule has 0 spiro atoms. The van der Waals surface area contributed by atoms with Gasteiger partial charge in [-0.2, -0.15) is 0 Å². The molecule has 2 N–H and O–H groups in total. The van der Waals surface area contributed by atoms with Crippen LogP contribution < -0.4 is 5.73 Å². The Morgan fingerprint density at radius 3 is 2.82 bits per heavy atom. The summed E-state index contributed by atoms with van der Waals surface area (Å²) < 4.78 is 0. The minimum Gasteiger partial charge on any atom is -0.337 e. The van der Waals surface area contributed by atoms with Crippen LogP contribution in [-0.2, 0) is 4.79 Å². The summed E-state index contributed by atoms with van der Waals surface area (Å²) in [5, 5.41) is 1.86. The van der Waals surface area contributed by atoms with E-state index in [1.807, 2.05) is 23.3 Å². The smallest absolute Gasteiger partial charge is 0.264 e. The van der Waals surface area contributed by atoms with Crippen molar-refractivity contribution in [1.29, 1.82) is 0 Å². The standard InChI is InChI=1S/C15H23N3O2S.ClH/c1-11(16)12-6-3-4-8-18(12)14(19)10-17(2)15(20)13-7-5-9-21-13;/h5,7,9,11-12H,3-4,6,8,10,16H2,1-2H3;1H. The maximum atomic E-state index is 12.5. The number of piperidine rings is 1. The summed E-state index contributed by atoms with van der Waals surface area (Å²) in [6.07, 6.45) is 3.07. The van der Waals surface area contributed by atoms with Gasteiger partial charge in [-0.05, 0) is 37.6 Å². The minimum absolute atomic E-state index is 0. The minimum atomic E-state index is -0.104. The summed E-state index contributed by atoms with van der Waals surface area (Å²) in [6, 6.07) is 3.67. The van der Waals surface area contributed by atoms with E-state index in [0.717, 1.165) is 25.8 Å². The molecular formula is C15H24ClN3O2S. The molecule has 0 aromatic carbocycles. The van der Waals surface area contributed by atoms with Crippen molar-refractivity contribution in [3.05, 3.63) is 22.4 Å². The number of carbonyl (C=O) groups is 2. The number of hydrogen-bond acceptors (Lipinski definition) is 4. The van der Waals surface area contributed by atoms with Crippen molar-refractivity contribution < 1.29 is 9.59 Å². The number of rotatable bonds is 4. The fourth-order valence-electron chi connectivity index (χ4n) is 2.77. The van der Waals surface area contributed by atoms with Crippen LogP contribution in [0, 0.1) is 0 Å². The molecule has 0 aliphatic carbocycles. The molecule has 2 heterocycles. The maximum Gasteiger partial charge on any atom is 0.264 e. The van der Waals surface area contributed by atoms with Gasteiger partial charge in [-0.3, -0.25) is 9.59 Å². The third kappa shape index (κ3) is 4.44. The first-order valence-corrected chi connectivity index (χ1v) is 8.22. The van der Waals surface area contributed by atoms with Gasteiger partial charge in [-0.1, -0.05) is 6.07 Å². The highest BCUT2D eigenvalue weighted by molar-refractivity contribution is 7.12. The molecule has 124 valence electrons. The molecule has 22 heavy (non-hydrogen) atoms. The molecule has 0 bridgehead atoms. The monoisotopic (exact) mass is 345 g/mol. The van der Waals surface area contributed by atoms with E-state index in [-0.39, 0.29) is 42.8 Å². The lowest BCUT2D eigenvalue weighted by Gasteiger charge is -2.38. The number of halogens is 1. The van der Waals surface area contributed by atoms with Gasteiger partial charge >= 0.3 is 0 Å². The first-order chi connectivity index (χ1) is 10.0. The molecule has 1 aliphatic rings. The highest BCUT2D eigenvalue weighted by atomic mass is 35.5. The van der Waals surface area contributed by atoms with Crippen LogP contribution in [-0.4, -0.2) is 53.8 Å². The molecule has 2 rings (SSSR count). The predicted octanol–water partition coefficient (Wildman–Crippen LogP) is 1.97. The molecule has 7 heteroatoms. The van der Waals surface area contributed by atoms with E-state index in [4.69, 9.17) is 5.73 Å². The van der Waals surface area contributed by atoms with Gasteiger partial charge in [0.1, 0.15) is 0 Å². The first kappa shape index (κ1) is 18.9. The van der Waals surface area contributed by atoms with Crippen LogP contribution in [0.4, 0.5) is 0 Å². The number of nitrogens with zero attached hydrogens (tertiary/aromatic N) is 2. The maximum absolute atomic E-state index is 12.5. The van der Waals surface area contributed by atoms with Gasteiger partial charge in [-0.15, -0.1) is 23.7 Å². The number of hydrogen-bond donors (Lipinski definition) is 1. The highest BCUT2D eigenvalue weighted by Gasteiger charge is 2.30. The van der Waals surface area contributed by atoms with Crippen LogP contribution >= 0.6 is 23.7 Å². The molecule has 1 aliphatic heterocycles. The van der Waals surface area contributed by atoms with E-state index in [2.05, 4.69) is 0 Å². The lowest BCUT2D eigenvalue weighted by molar-refractivity contribution is -0.135. The quantitative estimate of drug-likeness (QED) is 0.907. The second-order valence-electron chi connectivity index (χ2n) is 5.65. The van der Waals surface area contributed by atoms with Crippen molar-refractivity contribution >= 4 is 35.6 Å². The summed E-state index contributed by atoms with van der Waals surface area (Å²) in [5.74, 6) is -0.114. The number of nitrogens with two attached hydrogens (primary N) is 1. The van der Waals surface area contributed by atoms with E-state index in [0.29, 0.717) is 4.88 Å². The fourth-order valence-corrected chi connectivity index (χ4v) is 3.49. The Bertz CT molecular complexity index is 493. The molecule has 0 saturated carbocycles. The van der Waals surface area contributed by atoms with Crippen LogP contribution in [0.3, 0.4) is 0 Å². The van der Waals surface area contributed by atoms with Gasteiger partial charge < -0.3 is 15.5 Å². The molecular weight excluding hydrogens is 322 g/mol. The second kappa shape index (κ2) is 8.50. The van der Waals surface area contributed by atoms with Crippen LogP contribution in [0.25, 0.3) is 0 Å². The summed E-state index contributed by atoms with van der Waals surface area (Å²) in [6.45, 7) is 2.79. The van der Waals surface area contributed by atoms with Gasteiger partial charge in [0, 0.05) is 25.7 Å². The summed E-state index contributed by atoms with van der Waals surface area (Å²) in [7, 11) is 1.67. The zero-order chi connectivity index (χ0) is 15.4. The van der Waals surface area contributed by atoms with Crippen LogP contribution in [0.5, 0.6) is 0 Å². The molecule has 1 aromatic rings. The van der Waals surface area contributed by atoms with Crippen molar-refractivity contribution in [2.75, 3.05) is 20.1 Å². The van der Waals surface area contributed by atoms with Crippen molar-refractivity contribution in [3.63, 3.8) is 0 Å². The van der Waals surface area contributed by atoms with Crippen molar-refractivity contribution in [1.82, 2.24) is 9.80 Å². The number of likely N-dealkylation sites (tertiary alicyclic amines) is 1. The molecule has 2 amide bonds. The Morgan fingerprint density at radius 1 is 1.50 bits per heavy atom. The Labute approximate surface area is 141 Å². The van der Waals surface area contributed by atoms with Crippen LogP contribution in [0.1, 0.15) is 35.9 Å². The van der Waals surface area contributed by atoms with E-state index in [9.17, 15) is 9.59 Å². The Hall–Kier alpha value is -1.11. The summed E-state index contributed by atoms with van der Waals surface area (Å²) in [4.78, 5) is 28.7. The molecule has 2 unspecified atom stereocenters. The highest BCUT2D eigenvalue weighted by Crippen LogP contribution is 2.19. The average molecular weight is 346 g/mol. The number of amides is 2. The molecule has 2 atom stereocenters. The van der Waals surface area contributed by atoms with E-state index in [1.54, 1.807) is 13.1 Å². The molecule has 1 saturated heterocycles. The average Bonchev–Trinajstić information content (AvgIpc) is 3.00. The van der Waals surface area contributed by atoms with Crippen molar-refractivity contribution in [2.45, 2.75) is 38.3 Å². The molecule has 1 aromatic heterocycles. The largest absolute Gasteiger partial charge is 0.337 e. The van der Waals surface area contributed by atoms with Gasteiger partial charge in [0.2, 0.25) is 5.91 Å². The van der Waals surface area contributed by atoms with Gasteiger partial charge in [0.15, 0.2) is 0 Å². The summed E-state index contributed by atoms with van der Waals surface area (Å²) in [5.41, 5.74) is 5.99. The lowest BCUT2D eigenvalue weighted by Crippen LogP contribution is -2.54. The zero-order valence-corrected chi connectivity index (χ0v) is 14.7. The summed E-state index contributed by atoms with van der Waals surface area (Å²) >= 11 is 1.39. The fraction of sp³-hybridized carbons (Fsp3) is 0.600. The van der Waals surface area contributed by atoms with Gasteiger partial charge in [0.05, 0.1) is 11.4 Å². The Balaban J connectivity index is 0.00000242. The van der Waals surface area contributed by atoms with Crippen molar-refractivity contribution in [2.24, 2.45) is 5.73 Å². The first-order valence-electron chi connectivity index (χ1n) is 7.34. The SMILES string of the molecule is CC(N)C1CCCCN1C(=O)CN(C)C(=O)c1cccs1.Cl. The zero-order valence-electron chi connectivity index (χ0n) is 13.0. The van der Waals surface area contributed by atoms with E-state index >= 15 is 0 Å². The van der Waals surface area contributed by atoms with Crippen LogP contribution in [0.2, 0.25) is 0 Å². The third-order valence-electron chi connectivity index (χ3n) is 3.93. The number of likely N-dealkylation sites (N-methyl/N-ethyl adjacent to an activating group) is 1. The van der Waals surface area contributed by atoms with Gasteiger partial charge in [0.25, 0.3) is 5.91 Å². The molecule has 0 radical (unpaired) electrons. The lowest BCUT2D eigenvalue weighted by atomic mass is 9.97. The second-order valence-corrected chi connectivity index (χ2v) is 6.60. The van der Waals surface area contributed by atoms with E-state index in [1.165, 1.54) is 16.2 Å². The Kier molecular flexibility index (Phi) is 7.32. The third-order valence-corrected chi connectivity index (χ3v) is 4.79. The van der Waals surface area contributed by atoms with Gasteiger partial charge in [-0.25, -0.2) is 0 Å². The Morgan fingerprint density at radius 2 is 2.23 bits per heavy atom. The van der Waals surface area contributed by atoms with E-state index < -0.39 is 0 Å². The van der Waals surface area contributed by atoms with Crippen LogP contribution in [0.15, 0.2) is 17.5 Å². The predicted molar refractivity (Wildman–Crippen MR) is 91.5 cm³/mol. The van der Waals surface area contributed by atoms with Crippen molar-refractivity contribution in [3.8, 4) is 0 Å².